The van der Waals surface area contributed by atoms with Crippen molar-refractivity contribution in [1.29, 1.82) is 0 Å². The Hall–Kier alpha value is -2.44. The van der Waals surface area contributed by atoms with Gasteiger partial charge in [-0.2, -0.15) is 0 Å². The van der Waals surface area contributed by atoms with Crippen molar-refractivity contribution < 1.29 is 23.8 Å². The Bertz CT molecular complexity index is 547. The summed E-state index contributed by atoms with van der Waals surface area (Å²) in [6.07, 6.45) is 0. The van der Waals surface area contributed by atoms with E-state index in [0.29, 0.717) is 22.8 Å². The molecule has 1 saturated heterocycles. The lowest BCUT2D eigenvalue weighted by Crippen LogP contribution is -2.40. The van der Waals surface area contributed by atoms with Crippen LogP contribution in [0, 0.1) is 0 Å². The molecule has 108 valence electrons. The second-order valence-corrected chi connectivity index (χ2v) is 4.45. The van der Waals surface area contributed by atoms with Gasteiger partial charge in [0, 0.05) is 0 Å². The van der Waals surface area contributed by atoms with Crippen LogP contribution in [0.5, 0.6) is 17.2 Å². The predicted octanol–water partition coefficient (Wildman–Crippen LogP) is 0.767. The molecule has 0 aromatic heterocycles. The van der Waals surface area contributed by atoms with Crippen molar-refractivity contribution in [3.05, 3.63) is 17.7 Å². The molecule has 0 aliphatic carbocycles. The lowest BCUT2D eigenvalue weighted by molar-refractivity contribution is -0.123. The number of imide groups is 1. The molecule has 1 heterocycles. The van der Waals surface area contributed by atoms with Gasteiger partial charge in [-0.1, -0.05) is 0 Å². The van der Waals surface area contributed by atoms with Crippen molar-refractivity contribution in [2.45, 2.75) is 12.5 Å². The largest absolute Gasteiger partial charge is 0.493 e. The van der Waals surface area contributed by atoms with Crippen molar-refractivity contribution in [3.63, 3.8) is 0 Å². The minimum Gasteiger partial charge on any atom is -0.493 e. The summed E-state index contributed by atoms with van der Waals surface area (Å²) in [6, 6.07) is 2.73. The monoisotopic (exact) mass is 280 g/mol. The molecule has 1 atom stereocenters. The van der Waals surface area contributed by atoms with Crippen molar-refractivity contribution >= 4 is 11.9 Å². The van der Waals surface area contributed by atoms with E-state index in [9.17, 15) is 9.59 Å². The fraction of sp³-hybridized carbons (Fsp3) is 0.385. The second kappa shape index (κ2) is 4.92. The SMILES string of the molecule is COc1cc(C2(C)NC(=O)NC2=O)cc(OC)c1OC. The first-order valence-electron chi connectivity index (χ1n) is 5.90. The zero-order valence-corrected chi connectivity index (χ0v) is 11.7. The molecule has 0 radical (unpaired) electrons. The van der Waals surface area contributed by atoms with Crippen molar-refractivity contribution in [2.75, 3.05) is 21.3 Å². The number of urea groups is 1. The molecule has 7 nitrogen and oxygen atoms in total. The summed E-state index contributed by atoms with van der Waals surface area (Å²) >= 11 is 0. The van der Waals surface area contributed by atoms with Gasteiger partial charge in [0.05, 0.1) is 21.3 Å². The van der Waals surface area contributed by atoms with E-state index in [1.807, 2.05) is 0 Å². The number of nitrogens with one attached hydrogen (secondary N) is 2. The van der Waals surface area contributed by atoms with Gasteiger partial charge in [-0.05, 0) is 24.6 Å². The van der Waals surface area contributed by atoms with E-state index in [1.54, 1.807) is 19.1 Å². The van der Waals surface area contributed by atoms with Crippen LogP contribution in [-0.2, 0) is 10.3 Å². The molecule has 3 amide bonds. The molecule has 1 unspecified atom stereocenters. The lowest BCUT2D eigenvalue weighted by atomic mass is 9.91. The number of hydrogen-bond acceptors (Lipinski definition) is 5. The smallest absolute Gasteiger partial charge is 0.322 e. The van der Waals surface area contributed by atoms with Crippen LogP contribution in [-0.4, -0.2) is 33.3 Å². The highest BCUT2D eigenvalue weighted by Gasteiger charge is 2.44. The number of benzene rings is 1. The van der Waals surface area contributed by atoms with Gasteiger partial charge < -0.3 is 19.5 Å². The zero-order chi connectivity index (χ0) is 14.9. The molecular formula is C13H16N2O5. The third kappa shape index (κ3) is 2.01. The number of hydrogen-bond donors (Lipinski definition) is 2. The summed E-state index contributed by atoms with van der Waals surface area (Å²) in [7, 11) is 4.46. The molecule has 2 rings (SSSR count). The van der Waals surface area contributed by atoms with Crippen molar-refractivity contribution in [2.24, 2.45) is 0 Å². The highest BCUT2D eigenvalue weighted by molar-refractivity contribution is 6.07. The third-order valence-corrected chi connectivity index (χ3v) is 3.29. The van der Waals surface area contributed by atoms with Crippen LogP contribution in [0.3, 0.4) is 0 Å². The first kappa shape index (κ1) is 14.0. The Morgan fingerprint density at radius 2 is 1.55 bits per heavy atom. The number of amides is 3. The molecular weight excluding hydrogens is 264 g/mol. The number of methoxy groups -OCH3 is 3. The molecule has 1 aliphatic rings. The van der Waals surface area contributed by atoms with Crippen LogP contribution in [0.1, 0.15) is 12.5 Å². The van der Waals surface area contributed by atoms with Crippen LogP contribution in [0.15, 0.2) is 12.1 Å². The van der Waals surface area contributed by atoms with Crippen LogP contribution in [0.25, 0.3) is 0 Å². The van der Waals surface area contributed by atoms with E-state index in [-0.39, 0.29) is 0 Å². The van der Waals surface area contributed by atoms with Crippen LogP contribution >= 0.6 is 0 Å². The first-order valence-corrected chi connectivity index (χ1v) is 5.90. The fourth-order valence-electron chi connectivity index (χ4n) is 2.12. The molecule has 20 heavy (non-hydrogen) atoms. The molecule has 1 fully saturated rings. The zero-order valence-electron chi connectivity index (χ0n) is 11.7. The average Bonchev–Trinajstić information content (AvgIpc) is 2.71. The molecule has 2 N–H and O–H groups in total. The van der Waals surface area contributed by atoms with Gasteiger partial charge in [-0.15, -0.1) is 0 Å². The van der Waals surface area contributed by atoms with E-state index in [4.69, 9.17) is 14.2 Å². The van der Waals surface area contributed by atoms with Gasteiger partial charge in [-0.3, -0.25) is 10.1 Å². The van der Waals surface area contributed by atoms with Gasteiger partial charge in [0.2, 0.25) is 5.75 Å². The van der Waals surface area contributed by atoms with Gasteiger partial charge in [0.15, 0.2) is 11.5 Å². The number of ether oxygens (including phenoxy) is 3. The van der Waals surface area contributed by atoms with Gasteiger partial charge >= 0.3 is 6.03 Å². The standard InChI is InChI=1S/C13H16N2O5/c1-13(11(16)14-12(17)15-13)7-5-8(18-2)10(20-4)9(6-7)19-3/h5-6H,1-4H3,(H2,14,15,16,17). The Morgan fingerprint density at radius 1 is 1.00 bits per heavy atom. The van der Waals surface area contributed by atoms with Crippen LogP contribution < -0.4 is 24.8 Å². The maximum absolute atomic E-state index is 12.0. The molecule has 0 bridgehead atoms. The molecule has 7 heteroatoms. The number of carbonyl (C=O) groups excluding carboxylic acids is 2. The minimum atomic E-state index is -1.18. The van der Waals surface area contributed by atoms with Gasteiger partial charge in [-0.25, -0.2) is 4.79 Å². The summed E-state index contributed by atoms with van der Waals surface area (Å²) in [5.41, 5.74) is -0.639. The van der Waals surface area contributed by atoms with Gasteiger partial charge in [0.1, 0.15) is 5.54 Å². The number of rotatable bonds is 4. The summed E-state index contributed by atoms with van der Waals surface area (Å²) in [5, 5.41) is 4.79. The third-order valence-electron chi connectivity index (χ3n) is 3.29. The molecule has 0 spiro atoms. The first-order chi connectivity index (χ1) is 9.46. The Balaban J connectivity index is 2.58. The van der Waals surface area contributed by atoms with E-state index < -0.39 is 17.5 Å². The summed E-state index contributed by atoms with van der Waals surface area (Å²) in [6.45, 7) is 1.61. The summed E-state index contributed by atoms with van der Waals surface area (Å²) in [4.78, 5) is 23.3. The Labute approximate surface area is 116 Å². The second-order valence-electron chi connectivity index (χ2n) is 4.45. The average molecular weight is 280 g/mol. The highest BCUT2D eigenvalue weighted by Crippen LogP contribution is 2.41. The highest BCUT2D eigenvalue weighted by atomic mass is 16.5. The Morgan fingerprint density at radius 3 is 1.90 bits per heavy atom. The summed E-state index contributed by atoms with van der Waals surface area (Å²) in [5.74, 6) is 0.818. The van der Waals surface area contributed by atoms with E-state index in [2.05, 4.69) is 10.6 Å². The predicted molar refractivity (Wildman–Crippen MR) is 70.1 cm³/mol. The van der Waals surface area contributed by atoms with Crippen molar-refractivity contribution in [1.82, 2.24) is 10.6 Å². The van der Waals surface area contributed by atoms with Gasteiger partial charge in [0.25, 0.3) is 5.91 Å². The van der Waals surface area contributed by atoms with Crippen LogP contribution in [0.2, 0.25) is 0 Å². The summed E-state index contributed by atoms with van der Waals surface area (Å²) < 4.78 is 15.7. The topological polar surface area (TPSA) is 85.9 Å². The minimum absolute atomic E-state index is 0.414. The van der Waals surface area contributed by atoms with Crippen LogP contribution in [0.4, 0.5) is 4.79 Å². The lowest BCUT2D eigenvalue weighted by Gasteiger charge is -2.23. The maximum Gasteiger partial charge on any atom is 0.322 e. The molecule has 1 aliphatic heterocycles. The van der Waals surface area contributed by atoms with E-state index >= 15 is 0 Å². The normalized spacial score (nSPS) is 21.2. The molecule has 0 saturated carbocycles. The fourth-order valence-corrected chi connectivity index (χ4v) is 2.12. The quantitative estimate of drug-likeness (QED) is 0.795. The molecule has 1 aromatic carbocycles. The Kier molecular flexibility index (Phi) is 3.44. The van der Waals surface area contributed by atoms with E-state index in [0.717, 1.165) is 0 Å². The maximum atomic E-state index is 12.0. The number of carbonyl (C=O) groups is 2. The van der Waals surface area contributed by atoms with E-state index in [1.165, 1.54) is 21.3 Å². The molecule has 1 aromatic rings. The van der Waals surface area contributed by atoms with Crippen molar-refractivity contribution in [3.8, 4) is 17.2 Å².